The fourth-order valence-electron chi connectivity index (χ4n) is 8.83. The SMILES string of the molecule is C=C1C(=O)[C@@]23CC[C@@H]4[C@](C)(CO[C@@H]5CCC(=O)N5)[C@@H](OC(C)=O)CC[C@@]4(C)[C@@H]2[C@@H](O)C[C@H]1C3. The molecular formula is C26H37NO6. The van der Waals surface area contributed by atoms with Crippen LogP contribution in [0.15, 0.2) is 12.2 Å². The smallest absolute Gasteiger partial charge is 0.302 e. The maximum Gasteiger partial charge on any atom is 0.302 e. The Hall–Kier alpha value is -1.73. The van der Waals surface area contributed by atoms with Crippen LogP contribution < -0.4 is 5.32 Å². The van der Waals surface area contributed by atoms with Crippen molar-refractivity contribution < 1.29 is 29.0 Å². The van der Waals surface area contributed by atoms with Crippen LogP contribution in [0.25, 0.3) is 0 Å². The van der Waals surface area contributed by atoms with Gasteiger partial charge in [-0.1, -0.05) is 20.4 Å². The van der Waals surface area contributed by atoms with Gasteiger partial charge < -0.3 is 19.9 Å². The predicted octanol–water partition coefficient (Wildman–Crippen LogP) is 2.90. The van der Waals surface area contributed by atoms with Gasteiger partial charge in [0.25, 0.3) is 0 Å². The molecule has 5 aliphatic rings. The molecular weight excluding hydrogens is 422 g/mol. The van der Waals surface area contributed by atoms with Crippen LogP contribution in [0.5, 0.6) is 0 Å². The van der Waals surface area contributed by atoms with Crippen LogP contribution in [-0.2, 0) is 23.9 Å². The van der Waals surface area contributed by atoms with E-state index in [1.807, 2.05) is 0 Å². The molecule has 5 fully saturated rings. The number of aliphatic hydroxyl groups is 1. The summed E-state index contributed by atoms with van der Waals surface area (Å²) < 4.78 is 12.1. The maximum atomic E-state index is 13.5. The summed E-state index contributed by atoms with van der Waals surface area (Å²) in [6.07, 6.45) is 4.35. The van der Waals surface area contributed by atoms with Gasteiger partial charge in [-0.05, 0) is 61.3 Å². The molecule has 1 amide bonds. The molecule has 1 saturated heterocycles. The molecule has 0 unspecified atom stereocenters. The Morgan fingerprint density at radius 2 is 1.97 bits per heavy atom. The van der Waals surface area contributed by atoms with Crippen LogP contribution in [0.3, 0.4) is 0 Å². The molecule has 182 valence electrons. The zero-order valence-corrected chi connectivity index (χ0v) is 20.0. The molecule has 1 heterocycles. The summed E-state index contributed by atoms with van der Waals surface area (Å²) in [4.78, 5) is 37.1. The minimum atomic E-state index is -0.538. The van der Waals surface area contributed by atoms with Gasteiger partial charge in [0.05, 0.1) is 12.7 Å². The third kappa shape index (κ3) is 3.25. The highest BCUT2D eigenvalue weighted by Crippen LogP contribution is 2.71. The number of Topliss-reactive ketones (excluding diaryl/α,β-unsaturated/α-hetero) is 1. The number of carbonyl (C=O) groups excluding carboxylic acids is 3. The number of hydrogen-bond acceptors (Lipinski definition) is 6. The molecule has 4 aliphatic carbocycles. The van der Waals surface area contributed by atoms with Gasteiger partial charge in [-0.15, -0.1) is 0 Å². The van der Waals surface area contributed by atoms with Gasteiger partial charge in [0, 0.05) is 36.5 Å². The van der Waals surface area contributed by atoms with Crippen LogP contribution in [0.1, 0.15) is 72.1 Å². The van der Waals surface area contributed by atoms with Crippen molar-refractivity contribution in [2.45, 2.75) is 90.6 Å². The second-order valence-electron chi connectivity index (χ2n) is 11.8. The van der Waals surface area contributed by atoms with Crippen molar-refractivity contribution in [1.82, 2.24) is 5.32 Å². The number of aliphatic hydroxyl groups excluding tert-OH is 1. The Morgan fingerprint density at radius 3 is 2.64 bits per heavy atom. The van der Waals surface area contributed by atoms with Crippen LogP contribution in [0.4, 0.5) is 0 Å². The van der Waals surface area contributed by atoms with E-state index in [1.165, 1.54) is 6.92 Å². The molecule has 33 heavy (non-hydrogen) atoms. The summed E-state index contributed by atoms with van der Waals surface area (Å²) in [5, 5.41) is 14.2. The van der Waals surface area contributed by atoms with Gasteiger partial charge in [0.1, 0.15) is 12.3 Å². The van der Waals surface area contributed by atoms with Crippen LogP contribution in [-0.4, -0.2) is 47.8 Å². The second-order valence-corrected chi connectivity index (χ2v) is 11.8. The third-order valence-electron chi connectivity index (χ3n) is 10.1. The number of nitrogens with one attached hydrogen (secondary N) is 1. The lowest BCUT2D eigenvalue weighted by Gasteiger charge is -2.65. The van der Waals surface area contributed by atoms with E-state index in [0.717, 1.165) is 25.7 Å². The number of carbonyl (C=O) groups is 3. The highest BCUT2D eigenvalue weighted by Gasteiger charge is 2.70. The summed E-state index contributed by atoms with van der Waals surface area (Å²) in [6.45, 7) is 10.3. The second kappa shape index (κ2) is 7.64. The molecule has 9 atom stereocenters. The summed E-state index contributed by atoms with van der Waals surface area (Å²) in [5.41, 5.74) is -0.574. The molecule has 0 aromatic rings. The van der Waals surface area contributed by atoms with Crippen molar-refractivity contribution >= 4 is 17.7 Å². The van der Waals surface area contributed by atoms with E-state index >= 15 is 0 Å². The van der Waals surface area contributed by atoms with Crippen LogP contribution in [0, 0.1) is 34.0 Å². The zero-order chi connectivity index (χ0) is 23.8. The molecule has 1 aliphatic heterocycles. The van der Waals surface area contributed by atoms with Gasteiger partial charge in [-0.25, -0.2) is 0 Å². The monoisotopic (exact) mass is 459 g/mol. The summed E-state index contributed by atoms with van der Waals surface area (Å²) >= 11 is 0. The number of hydrogen-bond donors (Lipinski definition) is 2. The van der Waals surface area contributed by atoms with E-state index in [9.17, 15) is 19.5 Å². The standard InChI is InChI=1S/C26H37NO6/c1-14-16-11-17(29)22-24(3)9-8-19(33-15(2)28)25(4,13-32-21-6-5-20(30)27-21)18(24)7-10-26(22,12-16)23(14)31/h16-19,21-22,29H,1,5-13H2,2-4H3,(H,27,30)/t16-,17-,18-,19-,21+,22-,24+,25-,26+/m0/s1. The molecule has 0 radical (unpaired) electrons. The molecule has 5 rings (SSSR count). The summed E-state index contributed by atoms with van der Waals surface area (Å²) in [6, 6.07) is 0. The number of rotatable bonds is 4. The lowest BCUT2D eigenvalue weighted by atomic mass is 9.40. The van der Waals surface area contributed by atoms with Gasteiger partial charge >= 0.3 is 5.97 Å². The van der Waals surface area contributed by atoms with Gasteiger partial charge in [-0.3, -0.25) is 14.4 Å². The highest BCUT2D eigenvalue weighted by molar-refractivity contribution is 6.03. The summed E-state index contributed by atoms with van der Waals surface area (Å²) in [7, 11) is 0. The minimum absolute atomic E-state index is 0.00497. The fourth-order valence-corrected chi connectivity index (χ4v) is 8.83. The molecule has 7 heteroatoms. The van der Waals surface area contributed by atoms with Crippen LogP contribution in [0.2, 0.25) is 0 Å². The van der Waals surface area contributed by atoms with Crippen molar-refractivity contribution in [1.29, 1.82) is 0 Å². The van der Waals surface area contributed by atoms with Crippen molar-refractivity contribution in [3.8, 4) is 0 Å². The Kier molecular flexibility index (Phi) is 5.33. The van der Waals surface area contributed by atoms with Gasteiger partial charge in [0.2, 0.25) is 5.91 Å². The first kappa shape index (κ1) is 23.0. The average molecular weight is 460 g/mol. The quantitative estimate of drug-likeness (QED) is 0.495. The Bertz CT molecular complexity index is 901. The van der Waals surface area contributed by atoms with Gasteiger partial charge in [-0.2, -0.15) is 0 Å². The number of fused-ring (bicyclic) bond motifs is 3. The van der Waals surface area contributed by atoms with Gasteiger partial charge in [0.15, 0.2) is 5.78 Å². The maximum absolute atomic E-state index is 13.5. The van der Waals surface area contributed by atoms with Crippen molar-refractivity contribution in [2.75, 3.05) is 6.61 Å². The molecule has 1 spiro atoms. The normalized spacial score (nSPS) is 48.8. The topological polar surface area (TPSA) is 102 Å². The average Bonchev–Trinajstić information content (AvgIpc) is 3.24. The Morgan fingerprint density at radius 1 is 1.21 bits per heavy atom. The molecule has 4 saturated carbocycles. The Labute approximate surface area is 195 Å². The number of allylic oxidation sites excluding steroid dienone is 1. The van der Waals surface area contributed by atoms with E-state index in [1.54, 1.807) is 0 Å². The first-order chi connectivity index (χ1) is 15.5. The highest BCUT2D eigenvalue weighted by atomic mass is 16.5. The zero-order valence-electron chi connectivity index (χ0n) is 20.0. The molecule has 0 aromatic carbocycles. The molecule has 7 nitrogen and oxygen atoms in total. The molecule has 0 aromatic heterocycles. The van der Waals surface area contributed by atoms with Crippen LogP contribution >= 0.6 is 0 Å². The number of ether oxygens (including phenoxy) is 2. The van der Waals surface area contributed by atoms with Crippen molar-refractivity contribution in [3.63, 3.8) is 0 Å². The summed E-state index contributed by atoms with van der Waals surface area (Å²) in [5.74, 6) is -0.0580. The number of amides is 1. The van der Waals surface area contributed by atoms with E-state index in [4.69, 9.17) is 9.47 Å². The first-order valence-corrected chi connectivity index (χ1v) is 12.5. The van der Waals surface area contributed by atoms with E-state index < -0.39 is 16.9 Å². The molecule has 2 N–H and O–H groups in total. The fraction of sp³-hybridized carbons (Fsp3) is 0.808. The number of esters is 1. The number of ketones is 1. The first-order valence-electron chi connectivity index (χ1n) is 12.5. The van der Waals surface area contributed by atoms with Crippen molar-refractivity contribution in [2.24, 2.45) is 34.0 Å². The predicted molar refractivity (Wildman–Crippen MR) is 120 cm³/mol. The Balaban J connectivity index is 1.49. The third-order valence-corrected chi connectivity index (χ3v) is 10.1. The molecule has 2 bridgehead atoms. The van der Waals surface area contributed by atoms with E-state index in [-0.39, 0.29) is 53.2 Å². The van der Waals surface area contributed by atoms with E-state index in [2.05, 4.69) is 25.7 Å². The lowest BCUT2D eigenvalue weighted by molar-refractivity contribution is -0.231. The lowest BCUT2D eigenvalue weighted by Crippen LogP contribution is -2.65. The van der Waals surface area contributed by atoms with E-state index in [0.29, 0.717) is 37.9 Å². The van der Waals surface area contributed by atoms with Crippen molar-refractivity contribution in [3.05, 3.63) is 12.2 Å². The minimum Gasteiger partial charge on any atom is -0.462 e. The largest absolute Gasteiger partial charge is 0.462 e.